The Bertz CT molecular complexity index is 3570. The highest BCUT2D eigenvalue weighted by molar-refractivity contribution is 6.16. The highest BCUT2D eigenvalue weighted by atomic mass is 15.2. The average molecular weight is 792 g/mol. The van der Waals surface area contributed by atoms with Crippen molar-refractivity contribution in [1.29, 1.82) is 0 Å². The third-order valence-corrected chi connectivity index (χ3v) is 12.0. The molecule has 9 aromatic carbocycles. The quantitative estimate of drug-likeness (QED) is 0.162. The number of aromatic nitrogens is 5. The van der Waals surface area contributed by atoms with E-state index in [0.29, 0.717) is 17.6 Å². The smallest absolute Gasteiger partial charge is 0.238 e. The van der Waals surface area contributed by atoms with Crippen molar-refractivity contribution in [2.45, 2.75) is 0 Å². The Hall–Kier alpha value is -8.41. The number of benzene rings is 9. The van der Waals surface area contributed by atoms with Crippen molar-refractivity contribution >= 4 is 43.6 Å². The molecule has 0 saturated carbocycles. The minimum absolute atomic E-state index is 0.557. The first-order valence-electron chi connectivity index (χ1n) is 21.0. The van der Waals surface area contributed by atoms with Crippen LogP contribution in [0, 0.1) is 0 Å². The lowest BCUT2D eigenvalue weighted by Crippen LogP contribution is -2.08. The molecule has 0 radical (unpaired) electrons. The maximum Gasteiger partial charge on any atom is 0.238 e. The molecule has 3 heterocycles. The number of nitrogens with zero attached hydrogens (tertiary/aromatic N) is 5. The summed E-state index contributed by atoms with van der Waals surface area (Å²) in [6, 6.07) is 79.3. The normalized spacial score (nSPS) is 11.5. The SMILES string of the molecule is c1ccc(-c2cccc(-c3nc(-c4ccccc4-n4c5ccccc5c5cc(-c6ccccc6)cc(-c6ccccc6)c54)nc(-n4c5ccccc5c5ccccc54)n3)c2)cc1. The Morgan fingerprint density at radius 3 is 1.42 bits per heavy atom. The number of hydrogen-bond acceptors (Lipinski definition) is 3. The fraction of sp³-hybridized carbons (Fsp3) is 0. The summed E-state index contributed by atoms with van der Waals surface area (Å²) in [4.78, 5) is 16.2. The van der Waals surface area contributed by atoms with Crippen LogP contribution in [0.2, 0.25) is 0 Å². The summed E-state index contributed by atoms with van der Waals surface area (Å²) >= 11 is 0. The zero-order valence-corrected chi connectivity index (χ0v) is 33.6. The summed E-state index contributed by atoms with van der Waals surface area (Å²) < 4.78 is 4.60. The number of para-hydroxylation sites is 4. The van der Waals surface area contributed by atoms with Gasteiger partial charge in [0.15, 0.2) is 11.6 Å². The molecule has 0 atom stereocenters. The molecule has 12 aromatic rings. The highest BCUT2D eigenvalue weighted by Gasteiger charge is 2.23. The maximum atomic E-state index is 5.44. The molecular formula is C57H37N5. The van der Waals surface area contributed by atoms with Crippen molar-refractivity contribution in [3.8, 4) is 67.8 Å². The standard InChI is InChI=1S/C57H37N5/c1-4-19-38(20-5-1)41-25-18-26-42(35-41)55-58-56(60-57(59-55)62-51-32-15-10-27-44(51)45-28-11-16-33-52(45)62)47-30-13-17-34-53(47)61-50-31-14-12-29-46(50)49-37-43(39-21-6-2-7-22-39)36-48(54(49)61)40-23-8-3-9-24-40/h1-37H. The van der Waals surface area contributed by atoms with E-state index in [-0.39, 0.29) is 0 Å². The molecule has 62 heavy (non-hydrogen) atoms. The van der Waals surface area contributed by atoms with E-state index in [1.807, 2.05) is 6.07 Å². The van der Waals surface area contributed by atoms with Crippen LogP contribution in [0.5, 0.6) is 0 Å². The number of fused-ring (bicyclic) bond motifs is 6. The topological polar surface area (TPSA) is 48.5 Å². The van der Waals surface area contributed by atoms with Gasteiger partial charge >= 0.3 is 0 Å². The summed E-state index contributed by atoms with van der Waals surface area (Å²) in [5.41, 5.74) is 13.9. The van der Waals surface area contributed by atoms with Gasteiger partial charge in [0.05, 0.1) is 27.8 Å². The molecule has 0 saturated heterocycles. The Balaban J connectivity index is 1.15. The van der Waals surface area contributed by atoms with Gasteiger partial charge in [-0.3, -0.25) is 4.57 Å². The second-order valence-electron chi connectivity index (χ2n) is 15.6. The lowest BCUT2D eigenvalue weighted by molar-refractivity contribution is 0.952. The average Bonchev–Trinajstić information content (AvgIpc) is 3.87. The van der Waals surface area contributed by atoms with E-state index in [0.717, 1.165) is 71.9 Å². The van der Waals surface area contributed by atoms with Crippen molar-refractivity contribution in [3.05, 3.63) is 224 Å². The van der Waals surface area contributed by atoms with Gasteiger partial charge in [0, 0.05) is 38.2 Å². The second-order valence-corrected chi connectivity index (χ2v) is 15.6. The van der Waals surface area contributed by atoms with Crippen LogP contribution in [0.15, 0.2) is 224 Å². The van der Waals surface area contributed by atoms with Crippen LogP contribution in [0.3, 0.4) is 0 Å². The van der Waals surface area contributed by atoms with E-state index in [1.165, 1.54) is 21.9 Å². The Morgan fingerprint density at radius 1 is 0.274 bits per heavy atom. The molecule has 0 spiro atoms. The van der Waals surface area contributed by atoms with Gasteiger partial charge in [-0.1, -0.05) is 176 Å². The summed E-state index contributed by atoms with van der Waals surface area (Å²) in [6.45, 7) is 0. The van der Waals surface area contributed by atoms with Crippen LogP contribution in [0.1, 0.15) is 0 Å². The minimum Gasteiger partial charge on any atom is -0.308 e. The maximum absolute atomic E-state index is 5.44. The summed E-state index contributed by atoms with van der Waals surface area (Å²) in [5.74, 6) is 1.74. The number of hydrogen-bond donors (Lipinski definition) is 0. The fourth-order valence-corrected chi connectivity index (χ4v) is 9.16. The summed E-state index contributed by atoms with van der Waals surface area (Å²) in [5, 5.41) is 4.64. The molecule has 0 N–H and O–H groups in total. The molecular weight excluding hydrogens is 755 g/mol. The van der Waals surface area contributed by atoms with E-state index < -0.39 is 0 Å². The molecule has 0 bridgehead atoms. The first-order chi connectivity index (χ1) is 30.8. The molecule has 12 rings (SSSR count). The first-order valence-corrected chi connectivity index (χ1v) is 21.0. The second kappa shape index (κ2) is 14.7. The predicted octanol–water partition coefficient (Wildman–Crippen LogP) is 14.4. The van der Waals surface area contributed by atoms with Crippen LogP contribution in [-0.2, 0) is 0 Å². The molecule has 0 unspecified atom stereocenters. The molecule has 0 aliphatic heterocycles. The molecule has 3 aromatic heterocycles. The zero-order chi connectivity index (χ0) is 41.0. The molecule has 0 amide bonds. The zero-order valence-electron chi connectivity index (χ0n) is 33.6. The van der Waals surface area contributed by atoms with E-state index in [9.17, 15) is 0 Å². The summed E-state index contributed by atoms with van der Waals surface area (Å²) in [6.07, 6.45) is 0. The lowest BCUT2D eigenvalue weighted by Gasteiger charge is -2.17. The van der Waals surface area contributed by atoms with Gasteiger partial charge in [-0.05, 0) is 76.3 Å². The van der Waals surface area contributed by atoms with Gasteiger partial charge in [0.25, 0.3) is 0 Å². The van der Waals surface area contributed by atoms with Gasteiger partial charge in [-0.2, -0.15) is 9.97 Å². The predicted molar refractivity (Wildman–Crippen MR) is 256 cm³/mol. The van der Waals surface area contributed by atoms with Crippen LogP contribution < -0.4 is 0 Å². The van der Waals surface area contributed by atoms with Crippen LogP contribution in [-0.4, -0.2) is 24.1 Å². The van der Waals surface area contributed by atoms with Gasteiger partial charge in [-0.25, -0.2) is 4.98 Å². The largest absolute Gasteiger partial charge is 0.308 e. The summed E-state index contributed by atoms with van der Waals surface area (Å²) in [7, 11) is 0. The highest BCUT2D eigenvalue weighted by Crippen LogP contribution is 2.43. The Labute approximate surface area is 358 Å². The molecule has 5 heteroatoms. The Kier molecular flexibility index (Phi) is 8.42. The van der Waals surface area contributed by atoms with Crippen LogP contribution in [0.4, 0.5) is 0 Å². The van der Waals surface area contributed by atoms with Crippen LogP contribution in [0.25, 0.3) is 111 Å². The molecule has 0 aliphatic rings. The molecule has 0 aliphatic carbocycles. The van der Waals surface area contributed by atoms with E-state index in [4.69, 9.17) is 15.0 Å². The van der Waals surface area contributed by atoms with E-state index in [1.54, 1.807) is 0 Å². The van der Waals surface area contributed by atoms with Crippen molar-refractivity contribution in [3.63, 3.8) is 0 Å². The molecule has 0 fully saturated rings. The molecule has 290 valence electrons. The van der Waals surface area contributed by atoms with Gasteiger partial charge in [0.1, 0.15) is 0 Å². The monoisotopic (exact) mass is 791 g/mol. The third kappa shape index (κ3) is 5.90. The van der Waals surface area contributed by atoms with Crippen molar-refractivity contribution < 1.29 is 0 Å². The molecule has 5 nitrogen and oxygen atoms in total. The Morgan fingerprint density at radius 2 is 0.758 bits per heavy atom. The van der Waals surface area contributed by atoms with Crippen molar-refractivity contribution in [2.75, 3.05) is 0 Å². The first kappa shape index (κ1) is 35.5. The van der Waals surface area contributed by atoms with Gasteiger partial charge in [0.2, 0.25) is 5.95 Å². The van der Waals surface area contributed by atoms with Crippen molar-refractivity contribution in [1.82, 2.24) is 24.1 Å². The van der Waals surface area contributed by atoms with Gasteiger partial charge < -0.3 is 4.57 Å². The van der Waals surface area contributed by atoms with E-state index in [2.05, 4.69) is 228 Å². The lowest BCUT2D eigenvalue weighted by atomic mass is 9.95. The van der Waals surface area contributed by atoms with Gasteiger partial charge in [-0.15, -0.1) is 0 Å². The van der Waals surface area contributed by atoms with E-state index >= 15 is 0 Å². The number of rotatable bonds is 7. The van der Waals surface area contributed by atoms with Crippen LogP contribution >= 0.6 is 0 Å². The third-order valence-electron chi connectivity index (χ3n) is 12.0. The fourth-order valence-electron chi connectivity index (χ4n) is 9.16. The van der Waals surface area contributed by atoms with Crippen molar-refractivity contribution in [2.24, 2.45) is 0 Å². The minimum atomic E-state index is 0.557.